The number of hydrogen-bond donors (Lipinski definition) is 2. The van der Waals surface area contributed by atoms with Crippen LogP contribution in [-0.4, -0.2) is 24.1 Å². The molecular formula is C22H19ClN4O4S. The van der Waals surface area contributed by atoms with Crippen molar-refractivity contribution in [1.29, 1.82) is 0 Å². The number of aryl methyl sites for hydroxylation is 1. The standard InChI is InChI=1S/C22H19ClN4O4S/c1-13-9-17(32(24,29)30)11-18(14(13)2)25-22(28)19-12-20(21-7-4-8-31-21)27(26-19)16-6-3-5-15(23)10-16/h3-12H,1-2H3,(H,25,28)(H2,24,29,30). The summed E-state index contributed by atoms with van der Waals surface area (Å²) in [6.45, 7) is 3.51. The number of carbonyl (C=O) groups excluding carboxylic acids is 1. The minimum Gasteiger partial charge on any atom is -0.463 e. The molecule has 2 heterocycles. The van der Waals surface area contributed by atoms with Crippen molar-refractivity contribution in [2.75, 3.05) is 5.32 Å². The zero-order chi connectivity index (χ0) is 23.0. The minimum atomic E-state index is -3.93. The SMILES string of the molecule is Cc1cc(S(N)(=O)=O)cc(NC(=O)c2cc(-c3ccco3)n(-c3cccc(Cl)c3)n2)c1C. The lowest BCUT2D eigenvalue weighted by molar-refractivity contribution is 0.102. The monoisotopic (exact) mass is 470 g/mol. The number of furan rings is 1. The molecule has 0 aliphatic carbocycles. The van der Waals surface area contributed by atoms with E-state index < -0.39 is 15.9 Å². The van der Waals surface area contributed by atoms with Gasteiger partial charge in [-0.05, 0) is 67.4 Å². The number of aromatic nitrogens is 2. The summed E-state index contributed by atoms with van der Waals surface area (Å²) in [5.41, 5.74) is 3.02. The number of nitrogens with one attached hydrogen (secondary N) is 1. The Hall–Kier alpha value is -3.40. The summed E-state index contributed by atoms with van der Waals surface area (Å²) in [6.07, 6.45) is 1.52. The number of sulfonamides is 1. The number of amides is 1. The van der Waals surface area contributed by atoms with Gasteiger partial charge in [0.15, 0.2) is 11.5 Å². The molecule has 0 aliphatic rings. The van der Waals surface area contributed by atoms with Crippen molar-refractivity contribution in [2.45, 2.75) is 18.7 Å². The van der Waals surface area contributed by atoms with E-state index in [9.17, 15) is 13.2 Å². The highest BCUT2D eigenvalue weighted by Gasteiger charge is 2.20. The summed E-state index contributed by atoms with van der Waals surface area (Å²) >= 11 is 6.13. The lowest BCUT2D eigenvalue weighted by Crippen LogP contribution is -2.17. The molecule has 2 aromatic carbocycles. The lowest BCUT2D eigenvalue weighted by atomic mass is 10.1. The van der Waals surface area contributed by atoms with Crippen LogP contribution in [0, 0.1) is 13.8 Å². The Morgan fingerprint density at radius 3 is 2.56 bits per heavy atom. The van der Waals surface area contributed by atoms with Crippen LogP contribution < -0.4 is 10.5 Å². The fourth-order valence-corrected chi connectivity index (χ4v) is 4.01. The molecular weight excluding hydrogens is 452 g/mol. The van der Waals surface area contributed by atoms with Gasteiger partial charge in [-0.2, -0.15) is 5.10 Å². The lowest BCUT2D eigenvalue weighted by Gasteiger charge is -2.12. The van der Waals surface area contributed by atoms with Gasteiger partial charge in [0.1, 0.15) is 5.69 Å². The Kier molecular flexibility index (Phi) is 5.64. The summed E-state index contributed by atoms with van der Waals surface area (Å²) in [7, 11) is -3.93. The van der Waals surface area contributed by atoms with E-state index in [4.69, 9.17) is 21.2 Å². The molecule has 0 radical (unpaired) electrons. The highest BCUT2D eigenvalue weighted by Crippen LogP contribution is 2.28. The molecule has 0 atom stereocenters. The van der Waals surface area contributed by atoms with Crippen LogP contribution in [0.5, 0.6) is 0 Å². The Labute approximate surface area is 189 Å². The Morgan fingerprint density at radius 1 is 1.12 bits per heavy atom. The van der Waals surface area contributed by atoms with Crippen molar-refractivity contribution >= 4 is 33.2 Å². The number of rotatable bonds is 5. The van der Waals surface area contributed by atoms with Crippen LogP contribution in [0.3, 0.4) is 0 Å². The Balaban J connectivity index is 1.76. The van der Waals surface area contributed by atoms with Crippen LogP contribution in [0.4, 0.5) is 5.69 Å². The van der Waals surface area contributed by atoms with Crippen molar-refractivity contribution in [1.82, 2.24) is 9.78 Å². The second kappa shape index (κ2) is 8.27. The molecule has 0 unspecified atom stereocenters. The molecule has 0 fully saturated rings. The average Bonchev–Trinajstić information content (AvgIpc) is 3.40. The second-order valence-corrected chi connectivity index (χ2v) is 9.19. The summed E-state index contributed by atoms with van der Waals surface area (Å²) in [5.74, 6) is -0.00701. The third-order valence-corrected chi connectivity index (χ3v) is 6.11. The van der Waals surface area contributed by atoms with Gasteiger partial charge in [-0.25, -0.2) is 18.2 Å². The van der Waals surface area contributed by atoms with Gasteiger partial charge in [-0.1, -0.05) is 17.7 Å². The maximum Gasteiger partial charge on any atom is 0.276 e. The third-order valence-electron chi connectivity index (χ3n) is 4.99. The molecule has 3 N–H and O–H groups in total. The van der Waals surface area contributed by atoms with Gasteiger partial charge >= 0.3 is 0 Å². The predicted molar refractivity (Wildman–Crippen MR) is 122 cm³/mol. The van der Waals surface area contributed by atoms with Crippen molar-refractivity contribution in [3.63, 3.8) is 0 Å². The van der Waals surface area contributed by atoms with Gasteiger partial charge in [-0.15, -0.1) is 0 Å². The molecule has 8 nitrogen and oxygen atoms in total. The number of halogens is 1. The van der Waals surface area contributed by atoms with Gasteiger partial charge in [0.25, 0.3) is 5.91 Å². The molecule has 10 heteroatoms. The summed E-state index contributed by atoms with van der Waals surface area (Å²) in [5, 5.41) is 13.0. The molecule has 1 amide bonds. The van der Waals surface area contributed by atoms with Crippen LogP contribution in [0.1, 0.15) is 21.6 Å². The zero-order valence-corrected chi connectivity index (χ0v) is 18.7. The number of hydrogen-bond acceptors (Lipinski definition) is 5. The number of primary sulfonamides is 1. The van der Waals surface area contributed by atoms with Crippen molar-refractivity contribution < 1.29 is 17.6 Å². The molecule has 4 rings (SSSR count). The third kappa shape index (κ3) is 4.31. The van der Waals surface area contributed by atoms with Crippen molar-refractivity contribution in [3.8, 4) is 17.1 Å². The van der Waals surface area contributed by atoms with Crippen molar-refractivity contribution in [2.24, 2.45) is 5.14 Å². The summed E-state index contributed by atoms with van der Waals surface area (Å²) in [4.78, 5) is 13.0. The first-order valence-electron chi connectivity index (χ1n) is 9.49. The van der Waals surface area contributed by atoms with E-state index in [0.717, 1.165) is 0 Å². The quantitative estimate of drug-likeness (QED) is 0.450. The number of anilines is 1. The molecule has 0 saturated carbocycles. The highest BCUT2D eigenvalue weighted by molar-refractivity contribution is 7.89. The van der Waals surface area contributed by atoms with Crippen molar-refractivity contribution in [3.05, 3.63) is 82.7 Å². The first-order chi connectivity index (χ1) is 15.1. The minimum absolute atomic E-state index is 0.0865. The summed E-state index contributed by atoms with van der Waals surface area (Å²) < 4.78 is 30.7. The van der Waals surface area contributed by atoms with E-state index >= 15 is 0 Å². The molecule has 0 aliphatic heterocycles. The maximum absolute atomic E-state index is 13.0. The first-order valence-corrected chi connectivity index (χ1v) is 11.4. The molecule has 4 aromatic rings. The summed E-state index contributed by atoms with van der Waals surface area (Å²) in [6, 6.07) is 14.9. The first kappa shape index (κ1) is 21.8. The fourth-order valence-electron chi connectivity index (χ4n) is 3.20. The van der Waals surface area contributed by atoms with Gasteiger partial charge in [0.05, 0.1) is 16.8 Å². The van der Waals surface area contributed by atoms with Gasteiger partial charge in [0.2, 0.25) is 10.0 Å². The van der Waals surface area contributed by atoms with Crippen LogP contribution in [0.2, 0.25) is 5.02 Å². The molecule has 0 spiro atoms. The van der Waals surface area contributed by atoms with Gasteiger partial charge in [0, 0.05) is 16.8 Å². The van der Waals surface area contributed by atoms with E-state index in [1.165, 1.54) is 18.4 Å². The highest BCUT2D eigenvalue weighted by atomic mass is 35.5. The fraction of sp³-hybridized carbons (Fsp3) is 0.0909. The van der Waals surface area contributed by atoms with Crippen LogP contribution in [-0.2, 0) is 10.0 Å². The Morgan fingerprint density at radius 2 is 1.91 bits per heavy atom. The van der Waals surface area contributed by atoms with E-state index in [2.05, 4.69) is 10.4 Å². The molecule has 32 heavy (non-hydrogen) atoms. The number of nitrogens with zero attached hydrogens (tertiary/aromatic N) is 2. The van der Waals surface area contributed by atoms with Crippen LogP contribution in [0.15, 0.2) is 70.2 Å². The molecule has 0 saturated heterocycles. The number of nitrogens with two attached hydrogens (primary N) is 1. The molecule has 0 bridgehead atoms. The number of benzene rings is 2. The van der Waals surface area contributed by atoms with E-state index in [1.54, 1.807) is 61.0 Å². The van der Waals surface area contributed by atoms with Gasteiger partial charge in [-0.3, -0.25) is 4.79 Å². The van der Waals surface area contributed by atoms with E-state index in [1.807, 2.05) is 0 Å². The predicted octanol–water partition coefficient (Wildman–Crippen LogP) is 4.30. The zero-order valence-electron chi connectivity index (χ0n) is 17.2. The normalized spacial score (nSPS) is 11.5. The number of carbonyl (C=O) groups is 1. The largest absolute Gasteiger partial charge is 0.463 e. The average molecular weight is 471 g/mol. The van der Waals surface area contributed by atoms with Crippen LogP contribution in [0.25, 0.3) is 17.1 Å². The maximum atomic E-state index is 13.0. The van der Waals surface area contributed by atoms with E-state index in [-0.39, 0.29) is 10.6 Å². The van der Waals surface area contributed by atoms with E-state index in [0.29, 0.717) is 39.0 Å². The Bertz CT molecular complexity index is 1430. The second-order valence-electron chi connectivity index (χ2n) is 7.20. The topological polar surface area (TPSA) is 120 Å². The van der Waals surface area contributed by atoms with Crippen LogP contribution >= 0.6 is 11.6 Å². The smallest absolute Gasteiger partial charge is 0.276 e. The van der Waals surface area contributed by atoms with Gasteiger partial charge < -0.3 is 9.73 Å². The molecule has 2 aromatic heterocycles. The molecule has 164 valence electrons.